The summed E-state index contributed by atoms with van der Waals surface area (Å²) in [7, 11) is 0. The Morgan fingerprint density at radius 1 is 1.50 bits per heavy atom. The SMILES string of the molecule is CCc1ccsc1CNc1cnccc1C(N)=S. The number of aromatic nitrogens is 1. The number of aryl methyl sites for hydroxylation is 1. The third-order valence-electron chi connectivity index (χ3n) is 2.74. The van der Waals surface area contributed by atoms with Crippen LogP contribution in [0.4, 0.5) is 5.69 Å². The minimum absolute atomic E-state index is 0.391. The largest absolute Gasteiger partial charge is 0.389 e. The summed E-state index contributed by atoms with van der Waals surface area (Å²) >= 11 is 6.79. The van der Waals surface area contributed by atoms with E-state index in [9.17, 15) is 0 Å². The lowest BCUT2D eigenvalue weighted by Crippen LogP contribution is -2.13. The van der Waals surface area contributed by atoms with Crippen LogP contribution in [-0.4, -0.2) is 9.97 Å². The Bertz CT molecular complexity index is 549. The normalized spacial score (nSPS) is 10.3. The van der Waals surface area contributed by atoms with Crippen LogP contribution in [-0.2, 0) is 13.0 Å². The summed E-state index contributed by atoms with van der Waals surface area (Å²) in [5.74, 6) is 0. The van der Waals surface area contributed by atoms with Crippen LogP contribution in [0, 0.1) is 0 Å². The Morgan fingerprint density at radius 2 is 2.33 bits per heavy atom. The number of thiocarbonyl (C=S) groups is 1. The number of nitrogens with two attached hydrogens (primary N) is 1. The smallest absolute Gasteiger partial charge is 0.106 e. The number of pyridine rings is 1. The van der Waals surface area contributed by atoms with Crippen molar-refractivity contribution in [2.75, 3.05) is 5.32 Å². The molecule has 0 saturated carbocycles. The van der Waals surface area contributed by atoms with Crippen LogP contribution >= 0.6 is 23.6 Å². The predicted octanol–water partition coefficient (Wildman–Crippen LogP) is 2.95. The van der Waals surface area contributed by atoms with Crippen molar-refractivity contribution >= 4 is 34.2 Å². The molecule has 3 nitrogen and oxygen atoms in total. The average molecular weight is 277 g/mol. The van der Waals surface area contributed by atoms with E-state index in [4.69, 9.17) is 18.0 Å². The molecule has 0 amide bonds. The van der Waals surface area contributed by atoms with E-state index in [0.717, 1.165) is 24.2 Å². The van der Waals surface area contributed by atoms with Gasteiger partial charge in [0, 0.05) is 23.2 Å². The molecule has 0 aliphatic carbocycles. The summed E-state index contributed by atoms with van der Waals surface area (Å²) in [6, 6.07) is 4.00. The van der Waals surface area contributed by atoms with Crippen molar-refractivity contribution in [1.29, 1.82) is 0 Å². The molecule has 0 atom stereocenters. The van der Waals surface area contributed by atoms with Crippen LogP contribution in [0.15, 0.2) is 29.9 Å². The highest BCUT2D eigenvalue weighted by atomic mass is 32.1. The van der Waals surface area contributed by atoms with Crippen LogP contribution in [0.5, 0.6) is 0 Å². The highest BCUT2D eigenvalue weighted by Crippen LogP contribution is 2.20. The van der Waals surface area contributed by atoms with E-state index in [2.05, 4.69) is 28.7 Å². The van der Waals surface area contributed by atoms with Gasteiger partial charge in [0.25, 0.3) is 0 Å². The van der Waals surface area contributed by atoms with Gasteiger partial charge in [-0.15, -0.1) is 11.3 Å². The Balaban J connectivity index is 2.13. The van der Waals surface area contributed by atoms with Crippen LogP contribution in [0.2, 0.25) is 0 Å². The number of hydrogen-bond acceptors (Lipinski definition) is 4. The molecule has 0 aliphatic heterocycles. The van der Waals surface area contributed by atoms with Crippen LogP contribution in [0.25, 0.3) is 0 Å². The Kier molecular flexibility index (Phi) is 4.28. The average Bonchev–Trinajstić information content (AvgIpc) is 2.84. The van der Waals surface area contributed by atoms with Crippen LogP contribution < -0.4 is 11.1 Å². The molecule has 0 radical (unpaired) electrons. The number of nitrogens with zero attached hydrogens (tertiary/aromatic N) is 1. The molecule has 2 heterocycles. The Morgan fingerprint density at radius 3 is 3.06 bits per heavy atom. The van der Waals surface area contributed by atoms with Gasteiger partial charge in [-0.3, -0.25) is 4.98 Å². The summed E-state index contributed by atoms with van der Waals surface area (Å²) < 4.78 is 0. The van der Waals surface area contributed by atoms with Crippen molar-refractivity contribution in [1.82, 2.24) is 4.98 Å². The fourth-order valence-corrected chi connectivity index (χ4v) is 2.86. The molecule has 18 heavy (non-hydrogen) atoms. The molecule has 2 rings (SSSR count). The molecule has 94 valence electrons. The maximum Gasteiger partial charge on any atom is 0.106 e. The van der Waals surface area contributed by atoms with E-state index in [1.54, 1.807) is 23.7 Å². The number of anilines is 1. The zero-order valence-electron chi connectivity index (χ0n) is 10.1. The fourth-order valence-electron chi connectivity index (χ4n) is 1.76. The second kappa shape index (κ2) is 5.93. The van der Waals surface area contributed by atoms with Crippen molar-refractivity contribution < 1.29 is 0 Å². The second-order valence-electron chi connectivity index (χ2n) is 3.86. The summed E-state index contributed by atoms with van der Waals surface area (Å²) in [4.78, 5) is 5.83. The molecule has 3 N–H and O–H groups in total. The van der Waals surface area contributed by atoms with Gasteiger partial charge in [-0.1, -0.05) is 19.1 Å². The molecule has 0 aliphatic rings. The first-order valence-electron chi connectivity index (χ1n) is 5.75. The van der Waals surface area contributed by atoms with E-state index in [0.29, 0.717) is 4.99 Å². The Hall–Kier alpha value is -1.46. The van der Waals surface area contributed by atoms with E-state index in [1.807, 2.05) is 6.07 Å². The molecule has 0 saturated heterocycles. The minimum atomic E-state index is 0.391. The molecular formula is C13H15N3S2. The van der Waals surface area contributed by atoms with Gasteiger partial charge in [-0.05, 0) is 29.5 Å². The predicted molar refractivity (Wildman–Crippen MR) is 81.1 cm³/mol. The zero-order valence-corrected chi connectivity index (χ0v) is 11.8. The van der Waals surface area contributed by atoms with Gasteiger partial charge in [-0.2, -0.15) is 0 Å². The Labute approximate surface area is 116 Å². The third kappa shape index (κ3) is 2.86. The second-order valence-corrected chi connectivity index (χ2v) is 5.30. The zero-order chi connectivity index (χ0) is 13.0. The topological polar surface area (TPSA) is 50.9 Å². The van der Waals surface area contributed by atoms with Gasteiger partial charge in [0.2, 0.25) is 0 Å². The molecule has 5 heteroatoms. The molecule has 0 fully saturated rings. The lowest BCUT2D eigenvalue weighted by atomic mass is 10.2. The summed E-state index contributed by atoms with van der Waals surface area (Å²) in [6.45, 7) is 2.94. The lowest BCUT2D eigenvalue weighted by Gasteiger charge is -2.10. The molecular weight excluding hydrogens is 262 g/mol. The lowest BCUT2D eigenvalue weighted by molar-refractivity contribution is 1.08. The molecule has 0 unspecified atom stereocenters. The molecule has 0 spiro atoms. The number of rotatable bonds is 5. The maximum atomic E-state index is 5.69. The molecule has 2 aromatic rings. The van der Waals surface area contributed by atoms with Gasteiger partial charge in [0.15, 0.2) is 0 Å². The van der Waals surface area contributed by atoms with E-state index in [-0.39, 0.29) is 0 Å². The quantitative estimate of drug-likeness (QED) is 0.825. The monoisotopic (exact) mass is 277 g/mol. The first kappa shape index (κ1) is 13.0. The van der Waals surface area contributed by atoms with Crippen molar-refractivity contribution in [3.63, 3.8) is 0 Å². The van der Waals surface area contributed by atoms with Gasteiger partial charge in [0.05, 0.1) is 11.9 Å². The molecule has 0 bridgehead atoms. The first-order chi connectivity index (χ1) is 8.72. The van der Waals surface area contributed by atoms with Gasteiger partial charge >= 0.3 is 0 Å². The van der Waals surface area contributed by atoms with E-state index >= 15 is 0 Å². The summed E-state index contributed by atoms with van der Waals surface area (Å²) in [6.07, 6.45) is 4.51. The summed E-state index contributed by atoms with van der Waals surface area (Å²) in [5.41, 5.74) is 8.80. The van der Waals surface area contributed by atoms with Crippen molar-refractivity contribution in [3.8, 4) is 0 Å². The highest BCUT2D eigenvalue weighted by Gasteiger charge is 2.06. The fraction of sp³-hybridized carbons (Fsp3) is 0.231. The highest BCUT2D eigenvalue weighted by molar-refractivity contribution is 7.80. The van der Waals surface area contributed by atoms with E-state index in [1.165, 1.54) is 10.4 Å². The molecule has 2 aromatic heterocycles. The van der Waals surface area contributed by atoms with Crippen molar-refractivity contribution in [2.24, 2.45) is 5.73 Å². The van der Waals surface area contributed by atoms with Gasteiger partial charge in [0.1, 0.15) is 4.99 Å². The molecule has 0 aromatic carbocycles. The van der Waals surface area contributed by atoms with Crippen LogP contribution in [0.1, 0.15) is 22.9 Å². The first-order valence-corrected chi connectivity index (χ1v) is 7.04. The van der Waals surface area contributed by atoms with Crippen molar-refractivity contribution in [3.05, 3.63) is 45.9 Å². The maximum absolute atomic E-state index is 5.69. The van der Waals surface area contributed by atoms with E-state index < -0.39 is 0 Å². The minimum Gasteiger partial charge on any atom is -0.389 e. The third-order valence-corrected chi connectivity index (χ3v) is 3.93. The van der Waals surface area contributed by atoms with Gasteiger partial charge in [-0.25, -0.2) is 0 Å². The number of thiophene rings is 1. The van der Waals surface area contributed by atoms with Gasteiger partial charge < -0.3 is 11.1 Å². The standard InChI is InChI=1S/C13H15N3S2/c1-2-9-4-6-18-12(9)8-16-11-7-15-5-3-10(11)13(14)17/h3-7,16H,2,8H2,1H3,(H2,14,17). The number of nitrogens with one attached hydrogen (secondary N) is 1. The summed E-state index contributed by atoms with van der Waals surface area (Å²) in [5, 5.41) is 5.47. The van der Waals surface area contributed by atoms with Crippen LogP contribution in [0.3, 0.4) is 0 Å². The van der Waals surface area contributed by atoms with Crippen molar-refractivity contribution in [2.45, 2.75) is 19.9 Å². The number of hydrogen-bond donors (Lipinski definition) is 2.